The third-order valence-corrected chi connectivity index (χ3v) is 7.08. The van der Waals surface area contributed by atoms with Gasteiger partial charge >= 0.3 is 0 Å². The Morgan fingerprint density at radius 1 is 1.05 bits per heavy atom. The van der Waals surface area contributed by atoms with Crippen molar-refractivity contribution in [2.24, 2.45) is 5.73 Å². The zero-order valence-corrected chi connectivity index (χ0v) is 21.5. The number of nitrogens with two attached hydrogens (primary N) is 1. The van der Waals surface area contributed by atoms with Crippen LogP contribution in [0.25, 0.3) is 0 Å². The molecule has 0 saturated heterocycles. The summed E-state index contributed by atoms with van der Waals surface area (Å²) in [6.45, 7) is 0.232. The van der Waals surface area contributed by atoms with Gasteiger partial charge in [-0.15, -0.1) is 0 Å². The normalized spacial score (nSPS) is 17.2. The summed E-state index contributed by atoms with van der Waals surface area (Å²) < 4.78 is 19.0. The molecule has 1 aliphatic carbocycles. The number of halogens is 2. The molecular weight excluding hydrogens is 493 g/mol. The van der Waals surface area contributed by atoms with E-state index < -0.39 is 5.82 Å². The van der Waals surface area contributed by atoms with Crippen molar-refractivity contribution in [3.8, 4) is 5.75 Å². The summed E-state index contributed by atoms with van der Waals surface area (Å²) in [5.41, 5.74) is 8.52. The SMILES string of the molecule is COc1ccc(CC(=O)Nc2ccc(Cl)c(CN(C(=O)c3cccc(F)c3)C3CCC(N)CC3)c2)cc1. The van der Waals surface area contributed by atoms with Gasteiger partial charge in [0.05, 0.1) is 13.5 Å². The zero-order chi connectivity index (χ0) is 26.4. The molecule has 2 amide bonds. The molecule has 4 rings (SSSR count). The Bertz CT molecular complexity index is 1240. The molecule has 0 bridgehead atoms. The van der Waals surface area contributed by atoms with Gasteiger partial charge < -0.3 is 20.7 Å². The number of anilines is 1. The number of nitrogens with one attached hydrogen (secondary N) is 1. The Balaban J connectivity index is 1.52. The van der Waals surface area contributed by atoms with E-state index >= 15 is 0 Å². The van der Waals surface area contributed by atoms with Crippen molar-refractivity contribution in [2.75, 3.05) is 12.4 Å². The molecule has 0 atom stereocenters. The second-order valence-corrected chi connectivity index (χ2v) is 9.80. The maximum atomic E-state index is 13.9. The molecule has 1 saturated carbocycles. The predicted molar refractivity (Wildman–Crippen MR) is 143 cm³/mol. The lowest BCUT2D eigenvalue weighted by molar-refractivity contribution is -0.115. The van der Waals surface area contributed by atoms with Crippen molar-refractivity contribution < 1.29 is 18.7 Å². The number of methoxy groups -OCH3 is 1. The molecule has 37 heavy (non-hydrogen) atoms. The van der Waals surface area contributed by atoms with E-state index in [9.17, 15) is 14.0 Å². The summed E-state index contributed by atoms with van der Waals surface area (Å²) in [5.74, 6) is -0.169. The lowest BCUT2D eigenvalue weighted by Gasteiger charge is -2.36. The van der Waals surface area contributed by atoms with Gasteiger partial charge in [0.2, 0.25) is 5.91 Å². The van der Waals surface area contributed by atoms with Crippen LogP contribution in [0.2, 0.25) is 5.02 Å². The third-order valence-electron chi connectivity index (χ3n) is 6.71. The van der Waals surface area contributed by atoms with E-state index in [4.69, 9.17) is 22.1 Å². The van der Waals surface area contributed by atoms with Gasteiger partial charge in [-0.2, -0.15) is 0 Å². The average molecular weight is 524 g/mol. The standard InChI is InChI=1S/C29H31ClFN3O3/c1-37-26-12-5-19(6-13-26)15-28(35)33-24-9-14-27(30)21(17-24)18-34(25-10-7-23(32)8-11-25)29(36)20-3-2-4-22(31)16-20/h2-6,9,12-14,16-17,23,25H,7-8,10-11,15,18,32H2,1H3,(H,33,35). The number of rotatable bonds is 8. The Hall–Kier alpha value is -3.42. The molecule has 6 nitrogen and oxygen atoms in total. The number of benzene rings is 3. The van der Waals surface area contributed by atoms with Crippen LogP contribution >= 0.6 is 11.6 Å². The first-order valence-electron chi connectivity index (χ1n) is 12.4. The number of hydrogen-bond donors (Lipinski definition) is 2. The van der Waals surface area contributed by atoms with Gasteiger partial charge in [0.15, 0.2) is 0 Å². The van der Waals surface area contributed by atoms with Gasteiger partial charge in [-0.25, -0.2) is 4.39 Å². The second kappa shape index (κ2) is 12.2. The lowest BCUT2D eigenvalue weighted by Crippen LogP contribution is -2.44. The van der Waals surface area contributed by atoms with Gasteiger partial charge in [-0.1, -0.05) is 29.8 Å². The number of carbonyl (C=O) groups is 2. The van der Waals surface area contributed by atoms with Crippen LogP contribution in [-0.4, -0.2) is 35.9 Å². The highest BCUT2D eigenvalue weighted by Crippen LogP contribution is 2.29. The predicted octanol–water partition coefficient (Wildman–Crippen LogP) is 5.58. The minimum atomic E-state index is -0.462. The van der Waals surface area contributed by atoms with E-state index in [1.54, 1.807) is 36.3 Å². The number of carbonyl (C=O) groups excluding carboxylic acids is 2. The molecule has 0 aromatic heterocycles. The van der Waals surface area contributed by atoms with E-state index in [1.165, 1.54) is 18.2 Å². The fourth-order valence-electron chi connectivity index (χ4n) is 4.66. The van der Waals surface area contributed by atoms with Crippen molar-refractivity contribution in [3.63, 3.8) is 0 Å². The van der Waals surface area contributed by atoms with Crippen LogP contribution < -0.4 is 15.8 Å². The van der Waals surface area contributed by atoms with Gasteiger partial charge in [0.25, 0.3) is 5.91 Å². The molecule has 3 N–H and O–H groups in total. The number of amides is 2. The number of ether oxygens (including phenoxy) is 1. The van der Waals surface area contributed by atoms with E-state index in [2.05, 4.69) is 5.32 Å². The monoisotopic (exact) mass is 523 g/mol. The summed E-state index contributed by atoms with van der Waals surface area (Å²) in [6.07, 6.45) is 3.35. The van der Waals surface area contributed by atoms with Crippen molar-refractivity contribution in [1.29, 1.82) is 0 Å². The molecule has 8 heteroatoms. The first kappa shape index (κ1) is 26.6. The van der Waals surface area contributed by atoms with Crippen LogP contribution in [0.3, 0.4) is 0 Å². The average Bonchev–Trinajstić information content (AvgIpc) is 2.89. The van der Waals surface area contributed by atoms with Gasteiger partial charge in [0.1, 0.15) is 11.6 Å². The van der Waals surface area contributed by atoms with Gasteiger partial charge in [-0.3, -0.25) is 9.59 Å². The van der Waals surface area contributed by atoms with Gasteiger partial charge in [-0.05, 0) is 85.3 Å². The van der Waals surface area contributed by atoms with Crippen LogP contribution in [0.15, 0.2) is 66.7 Å². The highest BCUT2D eigenvalue weighted by molar-refractivity contribution is 6.31. The van der Waals surface area contributed by atoms with Crippen LogP contribution in [0.5, 0.6) is 5.75 Å². The van der Waals surface area contributed by atoms with E-state index in [-0.39, 0.29) is 42.4 Å². The van der Waals surface area contributed by atoms with Crippen molar-refractivity contribution >= 4 is 29.1 Å². The molecular formula is C29H31ClFN3O3. The summed E-state index contributed by atoms with van der Waals surface area (Å²) in [5, 5.41) is 3.40. The maximum absolute atomic E-state index is 13.9. The van der Waals surface area contributed by atoms with E-state index in [1.807, 2.05) is 24.3 Å². The van der Waals surface area contributed by atoms with Crippen molar-refractivity contribution in [1.82, 2.24) is 4.90 Å². The van der Waals surface area contributed by atoms with E-state index in [0.717, 1.165) is 37.0 Å². The molecule has 3 aromatic carbocycles. The van der Waals surface area contributed by atoms with Crippen LogP contribution in [0.1, 0.15) is 47.2 Å². The minimum absolute atomic E-state index is 0.0417. The number of hydrogen-bond acceptors (Lipinski definition) is 4. The molecule has 0 unspecified atom stereocenters. The van der Waals surface area contributed by atoms with Crippen LogP contribution in [-0.2, 0) is 17.8 Å². The fraction of sp³-hybridized carbons (Fsp3) is 0.310. The zero-order valence-electron chi connectivity index (χ0n) is 20.8. The quantitative estimate of drug-likeness (QED) is 0.403. The molecule has 3 aromatic rings. The molecule has 0 spiro atoms. The van der Waals surface area contributed by atoms with Gasteiger partial charge in [0, 0.05) is 34.9 Å². The van der Waals surface area contributed by atoms with Crippen molar-refractivity contribution in [3.05, 3.63) is 94.3 Å². The maximum Gasteiger partial charge on any atom is 0.254 e. The lowest BCUT2D eigenvalue weighted by atomic mass is 9.90. The smallest absolute Gasteiger partial charge is 0.254 e. The first-order valence-corrected chi connectivity index (χ1v) is 12.7. The second-order valence-electron chi connectivity index (χ2n) is 9.39. The Labute approximate surface area is 221 Å². The van der Waals surface area contributed by atoms with Crippen LogP contribution in [0, 0.1) is 5.82 Å². The summed E-state index contributed by atoms with van der Waals surface area (Å²) in [4.78, 5) is 27.9. The number of nitrogens with zero attached hydrogens (tertiary/aromatic N) is 1. The topological polar surface area (TPSA) is 84.7 Å². The molecule has 0 radical (unpaired) electrons. The van der Waals surface area contributed by atoms with E-state index in [0.29, 0.717) is 16.3 Å². The Kier molecular flexibility index (Phi) is 8.79. The molecule has 0 aliphatic heterocycles. The Morgan fingerprint density at radius 3 is 2.46 bits per heavy atom. The molecule has 0 heterocycles. The summed E-state index contributed by atoms with van der Waals surface area (Å²) in [6, 6.07) is 18.3. The molecule has 1 fully saturated rings. The first-order chi connectivity index (χ1) is 17.8. The fourth-order valence-corrected chi connectivity index (χ4v) is 4.84. The highest BCUT2D eigenvalue weighted by Gasteiger charge is 2.29. The summed E-state index contributed by atoms with van der Waals surface area (Å²) in [7, 11) is 1.59. The van der Waals surface area contributed by atoms with Crippen molar-refractivity contribution in [2.45, 2.75) is 50.7 Å². The largest absolute Gasteiger partial charge is 0.497 e. The highest BCUT2D eigenvalue weighted by atomic mass is 35.5. The Morgan fingerprint density at radius 2 is 1.78 bits per heavy atom. The molecule has 194 valence electrons. The summed E-state index contributed by atoms with van der Waals surface area (Å²) >= 11 is 6.53. The molecule has 1 aliphatic rings. The third kappa shape index (κ3) is 7.08. The minimum Gasteiger partial charge on any atom is -0.497 e. The van der Waals surface area contributed by atoms with Crippen LogP contribution in [0.4, 0.5) is 10.1 Å².